The second kappa shape index (κ2) is 11.2. The molecule has 190 valence electrons. The number of esters is 1. The Bertz CT molecular complexity index is 1220. The van der Waals surface area contributed by atoms with Gasteiger partial charge in [-0.3, -0.25) is 14.4 Å². The van der Waals surface area contributed by atoms with E-state index in [1.165, 1.54) is 7.11 Å². The first-order valence-electron chi connectivity index (χ1n) is 12.2. The van der Waals surface area contributed by atoms with E-state index < -0.39 is 12.0 Å². The first-order chi connectivity index (χ1) is 17.4. The lowest BCUT2D eigenvalue weighted by Crippen LogP contribution is -2.49. The fraction of sp³-hybridized carbons (Fsp3) is 0.462. The number of aryl methyl sites for hydroxylation is 1. The molecule has 2 amide bonds. The summed E-state index contributed by atoms with van der Waals surface area (Å²) < 4.78 is 10.5. The number of anilines is 1. The van der Waals surface area contributed by atoms with Crippen LogP contribution in [-0.4, -0.2) is 66.9 Å². The SMILES string of the molecule is [C-]#[N+]/C(C(=O)OC)=C(\Nc1ccc2cc(C)oc2c1)NC1CCCCN(CC(=O)N2CCCC2)C1=O. The molecule has 2 aliphatic rings. The van der Waals surface area contributed by atoms with Crippen LogP contribution in [0.4, 0.5) is 5.69 Å². The van der Waals surface area contributed by atoms with Crippen LogP contribution >= 0.6 is 0 Å². The van der Waals surface area contributed by atoms with Crippen LogP contribution in [0.3, 0.4) is 0 Å². The molecule has 1 atom stereocenters. The van der Waals surface area contributed by atoms with E-state index in [0.717, 1.165) is 49.9 Å². The number of hydrogen-bond acceptors (Lipinski definition) is 7. The van der Waals surface area contributed by atoms with Gasteiger partial charge >= 0.3 is 11.7 Å². The standard InChI is InChI=1S/C26H31N5O5/c1-17-14-18-9-10-19(15-21(18)36-17)28-24(23(27-2)26(34)35-3)29-20-8-4-5-13-31(25(20)33)16-22(32)30-11-6-7-12-30/h9-10,14-15,20,28-29H,4-8,11-13,16H2,1,3H3/b24-23+. The number of nitrogens with one attached hydrogen (secondary N) is 2. The Morgan fingerprint density at radius 3 is 2.64 bits per heavy atom. The minimum atomic E-state index is -0.822. The third-order valence-electron chi connectivity index (χ3n) is 6.52. The van der Waals surface area contributed by atoms with Crippen LogP contribution in [0.1, 0.15) is 37.9 Å². The predicted molar refractivity (Wildman–Crippen MR) is 133 cm³/mol. The number of ether oxygens (including phenoxy) is 1. The molecule has 4 rings (SSSR count). The highest BCUT2D eigenvalue weighted by Gasteiger charge is 2.31. The monoisotopic (exact) mass is 493 g/mol. The highest BCUT2D eigenvalue weighted by molar-refractivity contribution is 5.93. The topological polar surface area (TPSA) is 108 Å². The summed E-state index contributed by atoms with van der Waals surface area (Å²) in [5, 5.41) is 7.10. The molecule has 1 aromatic carbocycles. The molecular formula is C26H31N5O5. The first-order valence-corrected chi connectivity index (χ1v) is 12.2. The van der Waals surface area contributed by atoms with Gasteiger partial charge in [0, 0.05) is 36.8 Å². The van der Waals surface area contributed by atoms with Gasteiger partial charge in [-0.1, -0.05) is 0 Å². The van der Waals surface area contributed by atoms with Crippen molar-refractivity contribution in [3.05, 3.63) is 53.0 Å². The quantitative estimate of drug-likeness (QED) is 0.347. The van der Waals surface area contributed by atoms with Gasteiger partial charge in [0.1, 0.15) is 23.2 Å². The third kappa shape index (κ3) is 5.62. The average Bonchev–Trinajstić information content (AvgIpc) is 3.50. The molecule has 36 heavy (non-hydrogen) atoms. The molecule has 1 aromatic heterocycles. The molecule has 2 fully saturated rings. The maximum absolute atomic E-state index is 13.4. The molecule has 2 saturated heterocycles. The molecule has 0 aliphatic carbocycles. The van der Waals surface area contributed by atoms with Crippen molar-refractivity contribution < 1.29 is 23.5 Å². The van der Waals surface area contributed by atoms with Crippen molar-refractivity contribution in [2.24, 2.45) is 0 Å². The number of rotatable bonds is 7. The van der Waals surface area contributed by atoms with Crippen LogP contribution in [0.25, 0.3) is 15.8 Å². The van der Waals surface area contributed by atoms with Crippen LogP contribution in [-0.2, 0) is 19.1 Å². The van der Waals surface area contributed by atoms with Gasteiger partial charge in [-0.15, -0.1) is 0 Å². The summed E-state index contributed by atoms with van der Waals surface area (Å²) in [6.07, 6.45) is 4.00. The van der Waals surface area contributed by atoms with E-state index in [1.54, 1.807) is 21.9 Å². The van der Waals surface area contributed by atoms with Crippen molar-refractivity contribution in [3.63, 3.8) is 0 Å². The van der Waals surface area contributed by atoms with Gasteiger partial charge in [-0.05, 0) is 57.2 Å². The normalized spacial score (nSPS) is 18.9. The minimum Gasteiger partial charge on any atom is -0.474 e. The second-order valence-electron chi connectivity index (χ2n) is 9.10. The van der Waals surface area contributed by atoms with Crippen molar-refractivity contribution in [2.45, 2.75) is 45.1 Å². The largest absolute Gasteiger partial charge is 0.474 e. The summed E-state index contributed by atoms with van der Waals surface area (Å²) >= 11 is 0. The Morgan fingerprint density at radius 1 is 1.17 bits per heavy atom. The molecule has 3 heterocycles. The zero-order valence-electron chi connectivity index (χ0n) is 20.6. The lowest BCUT2D eigenvalue weighted by atomic mass is 10.1. The maximum Gasteiger partial charge on any atom is 0.339 e. The van der Waals surface area contributed by atoms with Crippen molar-refractivity contribution in [1.82, 2.24) is 15.1 Å². The molecular weight excluding hydrogens is 462 g/mol. The number of nitrogens with zero attached hydrogens (tertiary/aromatic N) is 3. The van der Waals surface area contributed by atoms with Gasteiger partial charge in [0.25, 0.3) is 0 Å². The van der Waals surface area contributed by atoms with Crippen molar-refractivity contribution in [3.8, 4) is 0 Å². The predicted octanol–water partition coefficient (Wildman–Crippen LogP) is 3.01. The number of likely N-dealkylation sites (tertiary alicyclic amines) is 2. The number of fused-ring (bicyclic) bond motifs is 1. The summed E-state index contributed by atoms with van der Waals surface area (Å²) in [6.45, 7) is 11.4. The highest BCUT2D eigenvalue weighted by Crippen LogP contribution is 2.24. The van der Waals surface area contributed by atoms with Crippen molar-refractivity contribution >= 4 is 34.4 Å². The fourth-order valence-electron chi connectivity index (χ4n) is 4.65. The molecule has 2 N–H and O–H groups in total. The summed E-state index contributed by atoms with van der Waals surface area (Å²) in [6, 6.07) is 6.63. The number of hydrogen-bond donors (Lipinski definition) is 2. The molecule has 10 nitrogen and oxygen atoms in total. The second-order valence-corrected chi connectivity index (χ2v) is 9.10. The Labute approximate surface area is 210 Å². The van der Waals surface area contributed by atoms with E-state index in [-0.39, 0.29) is 29.9 Å². The number of methoxy groups -OCH3 is 1. The molecule has 0 bridgehead atoms. The highest BCUT2D eigenvalue weighted by atomic mass is 16.5. The Morgan fingerprint density at radius 2 is 1.92 bits per heavy atom. The fourth-order valence-corrected chi connectivity index (χ4v) is 4.65. The molecule has 10 heteroatoms. The van der Waals surface area contributed by atoms with E-state index in [0.29, 0.717) is 24.2 Å². The summed E-state index contributed by atoms with van der Waals surface area (Å²) in [5.41, 5.74) is 0.924. The van der Waals surface area contributed by atoms with Gasteiger partial charge in [-0.25, -0.2) is 4.85 Å². The van der Waals surface area contributed by atoms with Crippen LogP contribution in [0.15, 0.2) is 40.2 Å². The minimum absolute atomic E-state index is 0.0324. The summed E-state index contributed by atoms with van der Waals surface area (Å²) in [7, 11) is 1.20. The van der Waals surface area contributed by atoms with E-state index in [1.807, 2.05) is 19.1 Å². The van der Waals surface area contributed by atoms with E-state index in [4.69, 9.17) is 15.7 Å². The molecule has 0 radical (unpaired) electrons. The van der Waals surface area contributed by atoms with Gasteiger partial charge in [0.05, 0.1) is 20.2 Å². The molecule has 0 saturated carbocycles. The molecule has 2 aliphatic heterocycles. The van der Waals surface area contributed by atoms with E-state index in [2.05, 4.69) is 15.5 Å². The Kier molecular flexibility index (Phi) is 7.78. The Hall–Kier alpha value is -4.00. The number of carbonyl (C=O) groups excluding carboxylic acids is 3. The molecule has 2 aromatic rings. The molecule has 0 spiro atoms. The number of benzene rings is 1. The number of amides is 2. The van der Waals surface area contributed by atoms with Gasteiger partial charge in [0.15, 0.2) is 0 Å². The average molecular weight is 494 g/mol. The lowest BCUT2D eigenvalue weighted by Gasteiger charge is -2.28. The van der Waals surface area contributed by atoms with Crippen LogP contribution in [0.5, 0.6) is 0 Å². The summed E-state index contributed by atoms with van der Waals surface area (Å²) in [4.78, 5) is 45.3. The van der Waals surface area contributed by atoms with E-state index >= 15 is 0 Å². The maximum atomic E-state index is 13.4. The van der Waals surface area contributed by atoms with Crippen LogP contribution in [0, 0.1) is 13.5 Å². The first kappa shape index (κ1) is 25.1. The Balaban J connectivity index is 1.58. The van der Waals surface area contributed by atoms with Gasteiger partial charge < -0.3 is 29.6 Å². The number of carbonyl (C=O) groups is 3. The van der Waals surface area contributed by atoms with Crippen molar-refractivity contribution in [2.75, 3.05) is 38.6 Å². The van der Waals surface area contributed by atoms with Crippen LogP contribution in [0.2, 0.25) is 0 Å². The zero-order valence-corrected chi connectivity index (χ0v) is 20.6. The lowest BCUT2D eigenvalue weighted by molar-refractivity contribution is -0.140. The van der Waals surface area contributed by atoms with Crippen LogP contribution < -0.4 is 10.6 Å². The van der Waals surface area contributed by atoms with Crippen molar-refractivity contribution in [1.29, 1.82) is 0 Å². The summed E-state index contributed by atoms with van der Waals surface area (Å²) in [5.74, 6) is -0.262. The van der Waals surface area contributed by atoms with Gasteiger partial charge in [-0.2, -0.15) is 0 Å². The van der Waals surface area contributed by atoms with Gasteiger partial charge in [0.2, 0.25) is 11.8 Å². The van der Waals surface area contributed by atoms with E-state index in [9.17, 15) is 14.4 Å². The number of furan rings is 1. The smallest absolute Gasteiger partial charge is 0.339 e. The third-order valence-corrected chi connectivity index (χ3v) is 6.52. The zero-order chi connectivity index (χ0) is 25.7. The molecule has 1 unspecified atom stereocenters.